The monoisotopic (exact) mass is 248 g/mol. The zero-order valence-corrected chi connectivity index (χ0v) is 10.4. The van der Waals surface area contributed by atoms with Crippen molar-refractivity contribution in [3.63, 3.8) is 0 Å². The number of benzene rings is 1. The zero-order chi connectivity index (χ0) is 13.0. The number of amides is 1. The second-order valence-corrected chi connectivity index (χ2v) is 4.96. The Labute approximate surface area is 107 Å². The molecule has 0 unspecified atom stereocenters. The van der Waals surface area contributed by atoms with Crippen LogP contribution in [0.2, 0.25) is 0 Å². The highest BCUT2D eigenvalue weighted by atomic mass is 16.3. The summed E-state index contributed by atoms with van der Waals surface area (Å²) in [5.41, 5.74) is 6.57. The van der Waals surface area contributed by atoms with Gasteiger partial charge in [-0.15, -0.1) is 0 Å². The van der Waals surface area contributed by atoms with E-state index in [2.05, 4.69) is 5.32 Å². The molecule has 2 rings (SSSR count). The van der Waals surface area contributed by atoms with Gasteiger partial charge < -0.3 is 16.2 Å². The molecular formula is C14H20N2O2. The minimum absolute atomic E-state index is 0.0742. The predicted octanol–water partition coefficient (Wildman–Crippen LogP) is 1.53. The van der Waals surface area contributed by atoms with E-state index < -0.39 is 0 Å². The van der Waals surface area contributed by atoms with Crippen LogP contribution in [0.4, 0.5) is 0 Å². The van der Waals surface area contributed by atoms with Gasteiger partial charge in [0.05, 0.1) is 0 Å². The quantitative estimate of drug-likeness (QED) is 0.759. The van der Waals surface area contributed by atoms with Crippen molar-refractivity contribution in [2.75, 3.05) is 0 Å². The number of hydrogen-bond donors (Lipinski definition) is 3. The second kappa shape index (κ2) is 5.87. The van der Waals surface area contributed by atoms with Gasteiger partial charge in [0.15, 0.2) is 0 Å². The highest BCUT2D eigenvalue weighted by Gasteiger charge is 2.24. The summed E-state index contributed by atoms with van der Waals surface area (Å²) in [6.07, 6.45) is 3.59. The number of rotatable bonds is 3. The van der Waals surface area contributed by atoms with E-state index in [4.69, 9.17) is 5.73 Å². The van der Waals surface area contributed by atoms with E-state index >= 15 is 0 Å². The fourth-order valence-corrected chi connectivity index (χ4v) is 2.37. The first-order chi connectivity index (χ1) is 8.66. The van der Waals surface area contributed by atoms with E-state index in [1.54, 1.807) is 12.1 Å². The Balaban J connectivity index is 1.83. The molecule has 1 saturated carbocycles. The summed E-state index contributed by atoms with van der Waals surface area (Å²) in [7, 11) is 0. The number of para-hydroxylation sites is 1. The van der Waals surface area contributed by atoms with E-state index in [0.29, 0.717) is 6.54 Å². The Morgan fingerprint density at radius 3 is 2.61 bits per heavy atom. The van der Waals surface area contributed by atoms with Crippen LogP contribution in [-0.2, 0) is 11.3 Å². The van der Waals surface area contributed by atoms with Crippen LogP contribution >= 0.6 is 0 Å². The minimum atomic E-state index is 0.0742. The molecular weight excluding hydrogens is 228 g/mol. The average molecular weight is 248 g/mol. The highest BCUT2D eigenvalue weighted by molar-refractivity contribution is 5.78. The average Bonchev–Trinajstić information content (AvgIpc) is 2.38. The standard InChI is InChI=1S/C14H20N2O2/c15-12-7-5-10(6-8-12)14(18)16-9-11-3-1-2-4-13(11)17/h1-4,10,12,17H,5-9,15H2,(H,16,18). The largest absolute Gasteiger partial charge is 0.508 e. The van der Waals surface area contributed by atoms with E-state index in [1.165, 1.54) is 0 Å². The van der Waals surface area contributed by atoms with Crippen LogP contribution in [0.1, 0.15) is 31.2 Å². The van der Waals surface area contributed by atoms with Crippen LogP contribution in [0.5, 0.6) is 5.75 Å². The molecule has 1 aromatic carbocycles. The molecule has 18 heavy (non-hydrogen) atoms. The molecule has 0 bridgehead atoms. The van der Waals surface area contributed by atoms with Crippen LogP contribution in [0.15, 0.2) is 24.3 Å². The lowest BCUT2D eigenvalue weighted by molar-refractivity contribution is -0.126. The molecule has 0 spiro atoms. The Bertz CT molecular complexity index is 412. The van der Waals surface area contributed by atoms with Crippen molar-refractivity contribution in [2.45, 2.75) is 38.3 Å². The molecule has 1 fully saturated rings. The Hall–Kier alpha value is -1.55. The molecule has 0 aliphatic heterocycles. The summed E-state index contributed by atoms with van der Waals surface area (Å²) in [4.78, 5) is 12.0. The third-order valence-electron chi connectivity index (χ3n) is 3.59. The Morgan fingerprint density at radius 1 is 1.28 bits per heavy atom. The van der Waals surface area contributed by atoms with Crippen molar-refractivity contribution in [3.8, 4) is 5.75 Å². The molecule has 98 valence electrons. The van der Waals surface area contributed by atoms with Crippen molar-refractivity contribution in [1.82, 2.24) is 5.32 Å². The predicted molar refractivity (Wildman–Crippen MR) is 69.9 cm³/mol. The van der Waals surface area contributed by atoms with Crippen LogP contribution in [0.3, 0.4) is 0 Å². The van der Waals surface area contributed by atoms with E-state index in [-0.39, 0.29) is 23.6 Å². The summed E-state index contributed by atoms with van der Waals surface area (Å²) in [6, 6.07) is 7.31. The molecule has 1 aromatic rings. The van der Waals surface area contributed by atoms with Gasteiger partial charge in [-0.1, -0.05) is 18.2 Å². The molecule has 4 heteroatoms. The fourth-order valence-electron chi connectivity index (χ4n) is 2.37. The van der Waals surface area contributed by atoms with Crippen LogP contribution in [0.25, 0.3) is 0 Å². The maximum Gasteiger partial charge on any atom is 0.223 e. The second-order valence-electron chi connectivity index (χ2n) is 4.96. The molecule has 0 radical (unpaired) electrons. The summed E-state index contributed by atoms with van der Waals surface area (Å²) in [6.45, 7) is 0.383. The van der Waals surface area contributed by atoms with E-state index in [0.717, 1.165) is 31.2 Å². The van der Waals surface area contributed by atoms with Gasteiger partial charge in [-0.3, -0.25) is 4.79 Å². The number of nitrogens with one attached hydrogen (secondary N) is 1. The van der Waals surface area contributed by atoms with Crippen LogP contribution < -0.4 is 11.1 Å². The summed E-state index contributed by atoms with van der Waals surface area (Å²) in [5.74, 6) is 0.379. The van der Waals surface area contributed by atoms with Crippen molar-refractivity contribution < 1.29 is 9.90 Å². The molecule has 0 atom stereocenters. The molecule has 4 N–H and O–H groups in total. The summed E-state index contributed by atoms with van der Waals surface area (Å²) >= 11 is 0. The smallest absolute Gasteiger partial charge is 0.223 e. The van der Waals surface area contributed by atoms with Gasteiger partial charge in [-0.25, -0.2) is 0 Å². The topological polar surface area (TPSA) is 75.4 Å². The number of aromatic hydroxyl groups is 1. The lowest BCUT2D eigenvalue weighted by Crippen LogP contribution is -2.35. The SMILES string of the molecule is NC1CCC(C(=O)NCc2ccccc2O)CC1. The van der Waals surface area contributed by atoms with Gasteiger partial charge in [-0.2, -0.15) is 0 Å². The zero-order valence-electron chi connectivity index (χ0n) is 10.4. The lowest BCUT2D eigenvalue weighted by Gasteiger charge is -2.25. The van der Waals surface area contributed by atoms with Crippen LogP contribution in [0, 0.1) is 5.92 Å². The molecule has 0 heterocycles. The maximum atomic E-state index is 12.0. The number of hydrogen-bond acceptors (Lipinski definition) is 3. The number of phenols is 1. The van der Waals surface area contributed by atoms with Crippen molar-refractivity contribution in [3.05, 3.63) is 29.8 Å². The van der Waals surface area contributed by atoms with Crippen molar-refractivity contribution >= 4 is 5.91 Å². The highest BCUT2D eigenvalue weighted by Crippen LogP contribution is 2.23. The van der Waals surface area contributed by atoms with E-state index in [9.17, 15) is 9.90 Å². The van der Waals surface area contributed by atoms with Crippen molar-refractivity contribution in [2.24, 2.45) is 11.7 Å². The third kappa shape index (κ3) is 3.23. The number of phenolic OH excluding ortho intramolecular Hbond substituents is 1. The Morgan fingerprint density at radius 2 is 1.94 bits per heavy atom. The first kappa shape index (κ1) is 12.9. The van der Waals surface area contributed by atoms with Crippen molar-refractivity contribution in [1.29, 1.82) is 0 Å². The van der Waals surface area contributed by atoms with Crippen LogP contribution in [-0.4, -0.2) is 17.1 Å². The summed E-state index contributed by atoms with van der Waals surface area (Å²) in [5, 5.41) is 12.5. The molecule has 0 saturated heterocycles. The number of carbonyl (C=O) groups is 1. The third-order valence-corrected chi connectivity index (χ3v) is 3.59. The van der Waals surface area contributed by atoms with Gasteiger partial charge in [0.2, 0.25) is 5.91 Å². The first-order valence-electron chi connectivity index (χ1n) is 6.47. The van der Waals surface area contributed by atoms with Gasteiger partial charge >= 0.3 is 0 Å². The number of nitrogens with two attached hydrogens (primary N) is 1. The molecule has 1 aliphatic rings. The molecule has 0 aromatic heterocycles. The van der Waals surface area contributed by atoms with Gasteiger partial charge in [-0.05, 0) is 31.7 Å². The normalized spacial score (nSPS) is 23.6. The fraction of sp³-hybridized carbons (Fsp3) is 0.500. The molecule has 4 nitrogen and oxygen atoms in total. The maximum absolute atomic E-state index is 12.0. The summed E-state index contributed by atoms with van der Waals surface area (Å²) < 4.78 is 0. The first-order valence-corrected chi connectivity index (χ1v) is 6.47. The van der Waals surface area contributed by atoms with Gasteiger partial charge in [0, 0.05) is 24.1 Å². The van der Waals surface area contributed by atoms with Gasteiger partial charge in [0.1, 0.15) is 5.75 Å². The van der Waals surface area contributed by atoms with E-state index in [1.807, 2.05) is 12.1 Å². The Kier molecular flexibility index (Phi) is 4.20. The minimum Gasteiger partial charge on any atom is -0.508 e. The van der Waals surface area contributed by atoms with Gasteiger partial charge in [0.25, 0.3) is 0 Å². The lowest BCUT2D eigenvalue weighted by atomic mass is 9.86. The number of carbonyl (C=O) groups excluding carboxylic acids is 1. The molecule has 1 aliphatic carbocycles. The molecule has 1 amide bonds.